The first-order valence-corrected chi connectivity index (χ1v) is 6.77. The Morgan fingerprint density at radius 2 is 1.94 bits per heavy atom. The zero-order valence-corrected chi connectivity index (χ0v) is 11.9. The van der Waals surface area contributed by atoms with E-state index in [2.05, 4.69) is 5.32 Å². The molecular weight excluding hydrogens is 230 g/mol. The normalized spacial score (nSPS) is 17.8. The number of rotatable bonds is 5. The number of carbonyl (C=O) groups excluding carboxylic acids is 2. The van der Waals surface area contributed by atoms with Gasteiger partial charge in [0.2, 0.25) is 0 Å². The largest absolute Gasteiger partial charge is 0.444 e. The van der Waals surface area contributed by atoms with Gasteiger partial charge < -0.3 is 10.1 Å². The van der Waals surface area contributed by atoms with Crippen LogP contribution in [0.3, 0.4) is 0 Å². The van der Waals surface area contributed by atoms with Crippen molar-refractivity contribution in [1.82, 2.24) is 5.32 Å². The minimum Gasteiger partial charge on any atom is -0.444 e. The predicted molar refractivity (Wildman–Crippen MR) is 70.4 cm³/mol. The second-order valence-electron chi connectivity index (χ2n) is 6.29. The molecule has 0 bridgehead atoms. The first-order valence-electron chi connectivity index (χ1n) is 6.77. The molecule has 0 aromatic rings. The minimum absolute atomic E-state index is 0.160. The molecule has 1 rings (SSSR count). The maximum absolute atomic E-state index is 11.7. The third-order valence-electron chi connectivity index (χ3n) is 3.04. The van der Waals surface area contributed by atoms with Crippen LogP contribution in [-0.2, 0) is 9.53 Å². The van der Waals surface area contributed by atoms with Crippen LogP contribution in [0.2, 0.25) is 0 Å². The highest BCUT2D eigenvalue weighted by Gasteiger charge is 2.23. The van der Waals surface area contributed by atoms with Crippen molar-refractivity contribution in [2.75, 3.05) is 0 Å². The Hall–Kier alpha value is -1.06. The number of ketones is 1. The van der Waals surface area contributed by atoms with Crippen molar-refractivity contribution in [3.8, 4) is 0 Å². The van der Waals surface area contributed by atoms with Gasteiger partial charge in [-0.2, -0.15) is 0 Å². The molecule has 0 heterocycles. The maximum atomic E-state index is 11.7. The molecule has 1 fully saturated rings. The summed E-state index contributed by atoms with van der Waals surface area (Å²) in [7, 11) is 0. The summed E-state index contributed by atoms with van der Waals surface area (Å²) in [4.78, 5) is 23.2. The summed E-state index contributed by atoms with van der Waals surface area (Å²) in [5.41, 5.74) is -0.500. The van der Waals surface area contributed by atoms with Crippen molar-refractivity contribution in [3.63, 3.8) is 0 Å². The molecule has 0 aliphatic heterocycles. The molecule has 0 aromatic heterocycles. The van der Waals surface area contributed by atoms with Crippen molar-refractivity contribution < 1.29 is 14.3 Å². The second kappa shape index (κ2) is 6.21. The van der Waals surface area contributed by atoms with Crippen LogP contribution < -0.4 is 5.32 Å². The van der Waals surface area contributed by atoms with Gasteiger partial charge in [0.15, 0.2) is 0 Å². The molecule has 104 valence electrons. The number of Topliss-reactive ketones (excluding diaryl/α,β-unsaturated/α-hetero) is 1. The summed E-state index contributed by atoms with van der Waals surface area (Å²) in [5.74, 6) is 0.828. The molecule has 0 aromatic carbocycles. The summed E-state index contributed by atoms with van der Waals surface area (Å²) in [6.45, 7) is 7.29. The Bertz CT molecular complexity index is 303. The number of amides is 1. The summed E-state index contributed by atoms with van der Waals surface area (Å²) < 4.78 is 5.14. The van der Waals surface area contributed by atoms with Crippen LogP contribution in [0, 0.1) is 5.92 Å². The predicted octanol–water partition coefficient (Wildman–Crippen LogP) is 3.05. The third-order valence-corrected chi connectivity index (χ3v) is 3.04. The van der Waals surface area contributed by atoms with E-state index in [4.69, 9.17) is 4.74 Å². The van der Waals surface area contributed by atoms with E-state index in [9.17, 15) is 9.59 Å². The van der Waals surface area contributed by atoms with Crippen molar-refractivity contribution >= 4 is 11.9 Å². The topological polar surface area (TPSA) is 55.4 Å². The van der Waals surface area contributed by atoms with E-state index in [1.165, 1.54) is 19.3 Å². The van der Waals surface area contributed by atoms with E-state index in [1.54, 1.807) is 0 Å². The lowest BCUT2D eigenvalue weighted by Crippen LogP contribution is -2.38. The number of carbonyl (C=O) groups is 2. The molecule has 4 nitrogen and oxygen atoms in total. The van der Waals surface area contributed by atoms with E-state index in [0.717, 1.165) is 0 Å². The first-order chi connectivity index (χ1) is 8.26. The Morgan fingerprint density at radius 1 is 1.33 bits per heavy atom. The van der Waals surface area contributed by atoms with E-state index in [1.807, 2.05) is 27.7 Å². The molecule has 0 radical (unpaired) electrons. The molecule has 1 N–H and O–H groups in total. The highest BCUT2D eigenvalue weighted by molar-refractivity contribution is 5.80. The lowest BCUT2D eigenvalue weighted by atomic mass is 9.81. The van der Waals surface area contributed by atoms with Crippen molar-refractivity contribution in [2.24, 2.45) is 5.92 Å². The molecule has 18 heavy (non-hydrogen) atoms. The van der Waals surface area contributed by atoms with Gasteiger partial charge in [0.1, 0.15) is 11.4 Å². The van der Waals surface area contributed by atoms with Crippen LogP contribution in [0.1, 0.15) is 59.8 Å². The average Bonchev–Trinajstić information content (AvgIpc) is 2.07. The Balaban J connectivity index is 2.21. The number of nitrogens with one attached hydrogen (secondary N) is 1. The molecule has 1 amide bonds. The summed E-state index contributed by atoms with van der Waals surface area (Å²) in [5, 5.41) is 2.69. The number of ether oxygens (including phenoxy) is 1. The number of hydrogen-bond donors (Lipinski definition) is 1. The fourth-order valence-electron chi connectivity index (χ4n) is 2.00. The number of alkyl carbamates (subject to hydrolysis) is 1. The fourth-order valence-corrected chi connectivity index (χ4v) is 2.00. The Labute approximate surface area is 109 Å². The van der Waals surface area contributed by atoms with Gasteiger partial charge in [0.25, 0.3) is 0 Å². The van der Waals surface area contributed by atoms with Gasteiger partial charge in [-0.25, -0.2) is 4.79 Å². The molecule has 4 heteroatoms. The highest BCUT2D eigenvalue weighted by atomic mass is 16.6. The van der Waals surface area contributed by atoms with Crippen molar-refractivity contribution in [1.29, 1.82) is 0 Å². The van der Waals surface area contributed by atoms with Crippen LogP contribution in [-0.4, -0.2) is 23.5 Å². The van der Waals surface area contributed by atoms with Crippen LogP contribution >= 0.6 is 0 Å². The van der Waals surface area contributed by atoms with Crippen molar-refractivity contribution in [3.05, 3.63) is 0 Å². The lowest BCUT2D eigenvalue weighted by Gasteiger charge is -2.25. The van der Waals surface area contributed by atoms with Gasteiger partial charge in [-0.15, -0.1) is 0 Å². The molecule has 1 atom stereocenters. The van der Waals surface area contributed by atoms with E-state index < -0.39 is 11.7 Å². The monoisotopic (exact) mass is 255 g/mol. The lowest BCUT2D eigenvalue weighted by molar-refractivity contribution is -0.120. The molecular formula is C14H25NO3. The second-order valence-corrected chi connectivity index (χ2v) is 6.29. The Kier molecular flexibility index (Phi) is 5.17. The maximum Gasteiger partial charge on any atom is 0.407 e. The standard InChI is InChI=1S/C14H25NO3/c1-10(15-13(17)18-14(2,3)4)8-12(16)9-11-6-5-7-11/h10-11H,5-9H2,1-4H3,(H,15,17)/t10-/m1/s1. The first kappa shape index (κ1) is 15.0. The summed E-state index contributed by atoms with van der Waals surface area (Å²) in [6.07, 6.45) is 4.23. The van der Waals surface area contributed by atoms with E-state index in [-0.39, 0.29) is 11.8 Å². The molecule has 1 saturated carbocycles. The molecule has 1 aliphatic carbocycles. The zero-order chi connectivity index (χ0) is 13.8. The van der Waals surface area contributed by atoms with E-state index in [0.29, 0.717) is 18.8 Å². The van der Waals surface area contributed by atoms with Gasteiger partial charge >= 0.3 is 6.09 Å². The summed E-state index contributed by atoms with van der Waals surface area (Å²) in [6, 6.07) is -0.160. The average molecular weight is 255 g/mol. The highest BCUT2D eigenvalue weighted by Crippen LogP contribution is 2.29. The van der Waals surface area contributed by atoms with Crippen LogP contribution in [0.5, 0.6) is 0 Å². The van der Waals surface area contributed by atoms with Gasteiger partial charge in [0.05, 0.1) is 0 Å². The molecule has 1 aliphatic rings. The van der Waals surface area contributed by atoms with Crippen LogP contribution in [0.25, 0.3) is 0 Å². The van der Waals surface area contributed by atoms with Gasteiger partial charge in [-0.3, -0.25) is 4.79 Å². The summed E-state index contributed by atoms with van der Waals surface area (Å²) >= 11 is 0. The van der Waals surface area contributed by atoms with E-state index >= 15 is 0 Å². The fraction of sp³-hybridized carbons (Fsp3) is 0.857. The third kappa shape index (κ3) is 6.03. The minimum atomic E-state index is -0.500. The SMILES string of the molecule is C[C@H](CC(=O)CC1CCC1)NC(=O)OC(C)(C)C. The van der Waals surface area contributed by atoms with Crippen LogP contribution in [0.15, 0.2) is 0 Å². The number of hydrogen-bond acceptors (Lipinski definition) is 3. The molecule has 0 spiro atoms. The van der Waals surface area contributed by atoms with Gasteiger partial charge in [0, 0.05) is 18.9 Å². The van der Waals surface area contributed by atoms with Gasteiger partial charge in [-0.1, -0.05) is 19.3 Å². The van der Waals surface area contributed by atoms with Gasteiger partial charge in [-0.05, 0) is 33.6 Å². The zero-order valence-electron chi connectivity index (χ0n) is 11.9. The Morgan fingerprint density at radius 3 is 2.39 bits per heavy atom. The quantitative estimate of drug-likeness (QED) is 0.821. The van der Waals surface area contributed by atoms with Crippen LogP contribution in [0.4, 0.5) is 4.79 Å². The molecule has 0 unspecified atom stereocenters. The smallest absolute Gasteiger partial charge is 0.407 e. The molecule has 0 saturated heterocycles. The van der Waals surface area contributed by atoms with Crippen molar-refractivity contribution in [2.45, 2.75) is 71.4 Å².